The van der Waals surface area contributed by atoms with E-state index in [1.807, 2.05) is 33.8 Å². The van der Waals surface area contributed by atoms with Crippen molar-refractivity contribution in [2.75, 3.05) is 19.3 Å². The molecule has 8 N–H and O–H groups in total. The highest BCUT2D eigenvalue weighted by Crippen LogP contribution is 2.26. The third kappa shape index (κ3) is 12.8. The van der Waals surface area contributed by atoms with Crippen LogP contribution in [-0.2, 0) is 14.4 Å². The molecule has 43 heavy (non-hydrogen) atoms. The fourth-order valence-electron chi connectivity index (χ4n) is 5.03. The number of aliphatic hydroxyl groups is 4. The van der Waals surface area contributed by atoms with Gasteiger partial charge in [0.05, 0.1) is 17.7 Å². The number of carboxylic acids is 1. The van der Waals surface area contributed by atoms with E-state index in [4.69, 9.17) is 5.11 Å². The van der Waals surface area contributed by atoms with Gasteiger partial charge in [-0.1, -0.05) is 47.6 Å². The summed E-state index contributed by atoms with van der Waals surface area (Å²) in [5.41, 5.74) is -1.14. The number of aliphatic carboxylic acids is 1. The van der Waals surface area contributed by atoms with Gasteiger partial charge >= 0.3 is 5.97 Å². The first-order valence-electron chi connectivity index (χ1n) is 15.5. The molecule has 0 fully saturated rings. The number of hydrogen-bond donors (Lipinski definition) is 8. The van der Waals surface area contributed by atoms with E-state index in [2.05, 4.69) is 42.6 Å². The van der Waals surface area contributed by atoms with E-state index in [9.17, 15) is 34.8 Å². The quantitative estimate of drug-likeness (QED) is 0.0725. The van der Waals surface area contributed by atoms with Gasteiger partial charge in [-0.05, 0) is 64.2 Å². The summed E-state index contributed by atoms with van der Waals surface area (Å²) in [6.45, 7) is 18.0. The van der Waals surface area contributed by atoms with Crippen LogP contribution in [0.15, 0.2) is 12.7 Å². The lowest BCUT2D eigenvalue weighted by Gasteiger charge is -2.40. The third-order valence-electron chi connectivity index (χ3n) is 8.91. The third-order valence-corrected chi connectivity index (χ3v) is 9.90. The molecule has 0 aromatic carbocycles. The summed E-state index contributed by atoms with van der Waals surface area (Å²) in [5, 5.41) is 58.2. The Balaban J connectivity index is 5.82. The first-order chi connectivity index (χ1) is 20.0. The number of thioether (sulfide) groups is 1. The number of ketones is 1. The Morgan fingerprint density at radius 2 is 1.47 bits per heavy atom. The van der Waals surface area contributed by atoms with Gasteiger partial charge in [0, 0.05) is 23.3 Å². The number of rotatable bonds is 24. The Kier molecular flexibility index (Phi) is 19.1. The molecule has 0 spiro atoms. The molecule has 0 bridgehead atoms. The predicted octanol–water partition coefficient (Wildman–Crippen LogP) is 1.86. The zero-order chi connectivity index (χ0) is 33.5. The van der Waals surface area contributed by atoms with Crippen LogP contribution in [0.4, 0.5) is 0 Å². The van der Waals surface area contributed by atoms with E-state index in [-0.39, 0.29) is 17.7 Å². The molecule has 0 aromatic heterocycles. The van der Waals surface area contributed by atoms with Gasteiger partial charge in [-0.2, -0.15) is 11.8 Å². The number of amides is 1. The predicted molar refractivity (Wildman–Crippen MR) is 172 cm³/mol. The van der Waals surface area contributed by atoms with Crippen LogP contribution in [0, 0.1) is 11.8 Å². The second kappa shape index (κ2) is 19.8. The van der Waals surface area contributed by atoms with Crippen molar-refractivity contribution in [3.8, 4) is 0 Å². The molecule has 8 unspecified atom stereocenters. The summed E-state index contributed by atoms with van der Waals surface area (Å²) in [6.07, 6.45) is -0.368. The van der Waals surface area contributed by atoms with Crippen LogP contribution in [0.25, 0.3) is 0 Å². The van der Waals surface area contributed by atoms with Gasteiger partial charge in [0.15, 0.2) is 11.9 Å². The van der Waals surface area contributed by atoms with Crippen molar-refractivity contribution in [3.05, 3.63) is 12.7 Å². The van der Waals surface area contributed by atoms with E-state index in [1.165, 1.54) is 0 Å². The molecule has 0 aliphatic rings. The van der Waals surface area contributed by atoms with Gasteiger partial charge in [0.1, 0.15) is 12.2 Å². The molecule has 12 heteroatoms. The first-order valence-corrected chi connectivity index (χ1v) is 16.8. The smallest absolute Gasteiger partial charge is 0.335 e. The number of nitrogens with one attached hydrogen (secondary N) is 3. The fourth-order valence-corrected chi connectivity index (χ4v) is 5.75. The summed E-state index contributed by atoms with van der Waals surface area (Å²) in [6, 6.07) is -0.650. The van der Waals surface area contributed by atoms with Crippen LogP contribution >= 0.6 is 11.8 Å². The van der Waals surface area contributed by atoms with Crippen molar-refractivity contribution in [2.45, 2.75) is 134 Å². The first kappa shape index (κ1) is 41.5. The van der Waals surface area contributed by atoms with Crippen molar-refractivity contribution >= 4 is 29.4 Å². The second-order valence-electron chi connectivity index (χ2n) is 12.1. The summed E-state index contributed by atoms with van der Waals surface area (Å²) in [7, 11) is 0. The molecule has 252 valence electrons. The lowest BCUT2D eigenvalue weighted by molar-refractivity contribution is -0.162. The lowest BCUT2D eigenvalue weighted by atomic mass is 9.79. The topological polar surface area (TPSA) is 188 Å². The van der Waals surface area contributed by atoms with Gasteiger partial charge in [-0.25, -0.2) is 4.79 Å². The van der Waals surface area contributed by atoms with Crippen LogP contribution in [0.5, 0.6) is 0 Å². The Hall–Kier alpha value is -1.54. The minimum atomic E-state index is -2.30. The molecule has 0 aliphatic heterocycles. The number of Topliss-reactive ketones (excluding diaryl/α,β-unsaturated/α-hetero) is 1. The van der Waals surface area contributed by atoms with E-state index >= 15 is 0 Å². The minimum absolute atomic E-state index is 0.0103. The number of carbonyl (C=O) groups excluding carboxylic acids is 2. The maximum atomic E-state index is 14.3. The van der Waals surface area contributed by atoms with Crippen molar-refractivity contribution < 1.29 is 39.9 Å². The Morgan fingerprint density at radius 1 is 0.907 bits per heavy atom. The molecule has 0 aromatic rings. The highest BCUT2D eigenvalue weighted by Gasteiger charge is 2.42. The summed E-state index contributed by atoms with van der Waals surface area (Å²) >= 11 is 1.75. The molecule has 0 radical (unpaired) electrons. The van der Waals surface area contributed by atoms with Crippen LogP contribution < -0.4 is 16.0 Å². The largest absolute Gasteiger partial charge is 0.479 e. The van der Waals surface area contributed by atoms with E-state index in [0.29, 0.717) is 30.6 Å². The van der Waals surface area contributed by atoms with Crippen molar-refractivity contribution in [2.24, 2.45) is 11.8 Å². The van der Waals surface area contributed by atoms with E-state index < -0.39 is 60.3 Å². The van der Waals surface area contributed by atoms with Gasteiger partial charge in [-0.15, -0.1) is 6.58 Å². The Labute approximate surface area is 262 Å². The summed E-state index contributed by atoms with van der Waals surface area (Å²) in [4.78, 5) is 38.2. The molecule has 11 nitrogen and oxygen atoms in total. The number of carboxylic acid groups (broad SMARTS) is 1. The van der Waals surface area contributed by atoms with E-state index in [1.54, 1.807) is 18.7 Å². The number of carbonyl (C=O) groups is 3. The average Bonchev–Trinajstić information content (AvgIpc) is 3.00. The molecule has 8 atom stereocenters. The zero-order valence-corrected chi connectivity index (χ0v) is 28.2. The lowest BCUT2D eigenvalue weighted by Crippen LogP contribution is -2.62. The monoisotopic (exact) mass is 633 g/mol. The van der Waals surface area contributed by atoms with Crippen LogP contribution in [0.1, 0.15) is 87.0 Å². The zero-order valence-electron chi connectivity index (χ0n) is 27.4. The van der Waals surface area contributed by atoms with Crippen LogP contribution in [0.2, 0.25) is 0 Å². The SMILES string of the molecule is C=CC(CC(C)CNC(CC)(CC)C(=O)C(CC(C)C(=O)NCC(O)C(O)C(O)C(O)C(=O)O)NC(C)(CC)CC)SC. The maximum absolute atomic E-state index is 14.3. The molecule has 0 saturated heterocycles. The van der Waals surface area contributed by atoms with Gasteiger partial charge in [-0.3, -0.25) is 9.59 Å². The average molecular weight is 634 g/mol. The normalized spacial score (nSPS) is 18.0. The minimum Gasteiger partial charge on any atom is -0.479 e. The van der Waals surface area contributed by atoms with Crippen LogP contribution in [0.3, 0.4) is 0 Å². The van der Waals surface area contributed by atoms with Crippen molar-refractivity contribution in [1.29, 1.82) is 0 Å². The summed E-state index contributed by atoms with van der Waals surface area (Å²) in [5.74, 6) is -2.61. The van der Waals surface area contributed by atoms with Gasteiger partial charge in [0.25, 0.3) is 0 Å². The van der Waals surface area contributed by atoms with Gasteiger partial charge in [0.2, 0.25) is 5.91 Å². The molecular weight excluding hydrogens is 574 g/mol. The van der Waals surface area contributed by atoms with Gasteiger partial charge < -0.3 is 41.5 Å². The molecule has 0 rings (SSSR count). The van der Waals surface area contributed by atoms with Crippen molar-refractivity contribution in [1.82, 2.24) is 16.0 Å². The molecular formula is C31H59N3O8S. The Morgan fingerprint density at radius 3 is 1.91 bits per heavy atom. The maximum Gasteiger partial charge on any atom is 0.335 e. The number of aliphatic hydroxyl groups excluding tert-OH is 4. The highest BCUT2D eigenvalue weighted by molar-refractivity contribution is 7.99. The standard InChI is InChI=1S/C31H59N3O8S/c1-10-21(43-9)15-19(6)17-33-31(13-4,14-5)27(39)22(34-30(8,11-2)12-3)16-20(7)28(40)32-18-23(35)24(36)25(37)26(38)29(41)42/h10,19-26,33-38H,1,11-18H2,2-9H3,(H,32,40)(H,41,42). The molecule has 1 amide bonds. The summed E-state index contributed by atoms with van der Waals surface area (Å²) < 4.78 is 0. The molecule has 0 saturated carbocycles. The van der Waals surface area contributed by atoms with Crippen molar-refractivity contribution in [3.63, 3.8) is 0 Å². The fraction of sp³-hybridized carbons (Fsp3) is 0.839. The highest BCUT2D eigenvalue weighted by atomic mass is 32.2. The second-order valence-corrected chi connectivity index (χ2v) is 13.1. The van der Waals surface area contributed by atoms with E-state index in [0.717, 1.165) is 19.3 Å². The number of hydrogen-bond acceptors (Lipinski definition) is 10. The van der Waals surface area contributed by atoms with Crippen LogP contribution in [-0.4, -0.2) is 109 Å². The molecule has 0 heterocycles. The molecule has 0 aliphatic carbocycles. The Bertz CT molecular complexity index is 868.